The molecule has 0 aliphatic rings. The molecular formula is C19H26. The van der Waals surface area contributed by atoms with Crippen LogP contribution >= 0.6 is 0 Å². The Morgan fingerprint density at radius 2 is 1.16 bits per heavy atom. The highest BCUT2D eigenvalue weighted by Gasteiger charge is 2.13. The van der Waals surface area contributed by atoms with Gasteiger partial charge >= 0.3 is 0 Å². The summed E-state index contributed by atoms with van der Waals surface area (Å²) in [5, 5.41) is 2.82. The summed E-state index contributed by atoms with van der Waals surface area (Å²) in [7, 11) is 0. The van der Waals surface area contributed by atoms with Crippen LogP contribution < -0.4 is 0 Å². The van der Waals surface area contributed by atoms with Gasteiger partial charge in [0.15, 0.2) is 0 Å². The molecular weight excluding hydrogens is 228 g/mol. The summed E-state index contributed by atoms with van der Waals surface area (Å²) in [4.78, 5) is 0. The normalized spacial score (nSPS) is 12.1. The molecule has 19 heavy (non-hydrogen) atoms. The van der Waals surface area contributed by atoms with Gasteiger partial charge in [-0.2, -0.15) is 0 Å². The summed E-state index contributed by atoms with van der Waals surface area (Å²) in [6, 6.07) is 11.5. The molecule has 0 amide bonds. The van der Waals surface area contributed by atoms with Gasteiger partial charge in [-0.3, -0.25) is 0 Å². The van der Waals surface area contributed by atoms with E-state index < -0.39 is 0 Å². The van der Waals surface area contributed by atoms with E-state index in [0.29, 0.717) is 17.8 Å². The molecule has 2 aromatic rings. The van der Waals surface area contributed by atoms with Crippen LogP contribution in [-0.4, -0.2) is 0 Å². The molecule has 0 unspecified atom stereocenters. The van der Waals surface area contributed by atoms with Crippen molar-refractivity contribution in [2.75, 3.05) is 0 Å². The van der Waals surface area contributed by atoms with Gasteiger partial charge in [0.1, 0.15) is 0 Å². The van der Waals surface area contributed by atoms with Gasteiger partial charge in [0.2, 0.25) is 0 Å². The predicted octanol–water partition coefficient (Wildman–Crippen LogP) is 6.21. The standard InChI is InChI=1S/C19H26/c1-12(2)16-9-7-8-15-10-17(13(3)4)18(14(5)6)11-19(15)16/h7-14H,1-6H3. The smallest absolute Gasteiger partial charge is 0.0146 e. The minimum atomic E-state index is 0.577. The summed E-state index contributed by atoms with van der Waals surface area (Å²) in [5.74, 6) is 1.75. The van der Waals surface area contributed by atoms with Gasteiger partial charge in [0.25, 0.3) is 0 Å². The van der Waals surface area contributed by atoms with E-state index in [-0.39, 0.29) is 0 Å². The van der Waals surface area contributed by atoms with Gasteiger partial charge in [0, 0.05) is 0 Å². The number of hydrogen-bond acceptors (Lipinski definition) is 0. The molecule has 0 aliphatic heterocycles. The molecule has 0 atom stereocenters. The molecule has 2 aromatic carbocycles. The number of hydrogen-bond donors (Lipinski definition) is 0. The maximum absolute atomic E-state index is 2.44. The molecule has 0 bridgehead atoms. The molecule has 0 saturated carbocycles. The van der Waals surface area contributed by atoms with Crippen LogP contribution in [0, 0.1) is 0 Å². The van der Waals surface area contributed by atoms with Crippen molar-refractivity contribution >= 4 is 10.8 Å². The maximum atomic E-state index is 2.44. The Bertz CT molecular complexity index is 574. The Hall–Kier alpha value is -1.30. The lowest BCUT2D eigenvalue weighted by molar-refractivity contribution is 0.792. The van der Waals surface area contributed by atoms with Gasteiger partial charge in [-0.25, -0.2) is 0 Å². The molecule has 0 aliphatic carbocycles. The van der Waals surface area contributed by atoms with Crippen LogP contribution in [0.2, 0.25) is 0 Å². The first-order valence-corrected chi connectivity index (χ1v) is 7.48. The molecule has 0 saturated heterocycles. The zero-order valence-corrected chi connectivity index (χ0v) is 13.1. The molecule has 0 heteroatoms. The van der Waals surface area contributed by atoms with Gasteiger partial charge in [-0.15, -0.1) is 0 Å². The molecule has 102 valence electrons. The minimum absolute atomic E-state index is 0.577. The molecule has 0 N–H and O–H groups in total. The lowest BCUT2D eigenvalue weighted by atomic mass is 9.86. The van der Waals surface area contributed by atoms with Gasteiger partial charge < -0.3 is 0 Å². The lowest BCUT2D eigenvalue weighted by Crippen LogP contribution is -2.00. The van der Waals surface area contributed by atoms with Crippen molar-refractivity contribution in [3.63, 3.8) is 0 Å². The second kappa shape index (κ2) is 5.36. The summed E-state index contributed by atoms with van der Waals surface area (Å²) >= 11 is 0. The van der Waals surface area contributed by atoms with E-state index in [0.717, 1.165) is 0 Å². The van der Waals surface area contributed by atoms with Crippen molar-refractivity contribution in [1.82, 2.24) is 0 Å². The van der Waals surface area contributed by atoms with Crippen molar-refractivity contribution < 1.29 is 0 Å². The number of fused-ring (bicyclic) bond motifs is 1. The van der Waals surface area contributed by atoms with Crippen LogP contribution in [0.4, 0.5) is 0 Å². The Kier molecular flexibility index (Phi) is 3.99. The topological polar surface area (TPSA) is 0 Å². The molecule has 0 fully saturated rings. The van der Waals surface area contributed by atoms with Crippen molar-refractivity contribution in [2.45, 2.75) is 59.3 Å². The third kappa shape index (κ3) is 2.68. The average Bonchev–Trinajstić information content (AvgIpc) is 2.35. The van der Waals surface area contributed by atoms with Gasteiger partial charge in [-0.05, 0) is 45.2 Å². The zero-order chi connectivity index (χ0) is 14.2. The van der Waals surface area contributed by atoms with E-state index in [1.165, 1.54) is 27.5 Å². The summed E-state index contributed by atoms with van der Waals surface area (Å²) in [6.45, 7) is 13.7. The lowest BCUT2D eigenvalue weighted by Gasteiger charge is -2.19. The van der Waals surface area contributed by atoms with E-state index in [1.54, 1.807) is 0 Å². The van der Waals surface area contributed by atoms with Crippen LogP contribution in [0.5, 0.6) is 0 Å². The van der Waals surface area contributed by atoms with Crippen LogP contribution in [-0.2, 0) is 0 Å². The van der Waals surface area contributed by atoms with E-state index in [2.05, 4.69) is 71.9 Å². The molecule has 0 aromatic heterocycles. The van der Waals surface area contributed by atoms with Crippen molar-refractivity contribution in [3.8, 4) is 0 Å². The fourth-order valence-electron chi connectivity index (χ4n) is 2.89. The monoisotopic (exact) mass is 254 g/mol. The Morgan fingerprint density at radius 1 is 0.632 bits per heavy atom. The van der Waals surface area contributed by atoms with Crippen LogP contribution in [0.15, 0.2) is 30.3 Å². The Morgan fingerprint density at radius 3 is 1.68 bits per heavy atom. The van der Waals surface area contributed by atoms with E-state index in [9.17, 15) is 0 Å². The summed E-state index contributed by atoms with van der Waals surface area (Å²) in [5.41, 5.74) is 4.48. The summed E-state index contributed by atoms with van der Waals surface area (Å²) in [6.07, 6.45) is 0. The first kappa shape index (κ1) is 14.1. The van der Waals surface area contributed by atoms with E-state index in [4.69, 9.17) is 0 Å². The minimum Gasteiger partial charge on any atom is -0.0613 e. The largest absolute Gasteiger partial charge is 0.0613 e. The molecule has 0 spiro atoms. The highest BCUT2D eigenvalue weighted by molar-refractivity contribution is 5.88. The fraction of sp³-hybridized carbons (Fsp3) is 0.474. The van der Waals surface area contributed by atoms with Crippen molar-refractivity contribution in [2.24, 2.45) is 0 Å². The van der Waals surface area contributed by atoms with Crippen molar-refractivity contribution in [3.05, 3.63) is 47.0 Å². The van der Waals surface area contributed by atoms with Crippen LogP contribution in [0.25, 0.3) is 10.8 Å². The fourth-order valence-corrected chi connectivity index (χ4v) is 2.89. The Labute approximate surface area is 117 Å². The highest BCUT2D eigenvalue weighted by Crippen LogP contribution is 2.33. The zero-order valence-electron chi connectivity index (χ0n) is 13.1. The molecule has 2 rings (SSSR count). The van der Waals surface area contributed by atoms with Gasteiger partial charge in [-0.1, -0.05) is 71.9 Å². The SMILES string of the molecule is CC(C)c1cc2cccc(C(C)C)c2cc1C(C)C. The third-order valence-corrected chi connectivity index (χ3v) is 3.98. The second-order valence-corrected chi connectivity index (χ2v) is 6.51. The molecule has 0 heterocycles. The van der Waals surface area contributed by atoms with Crippen molar-refractivity contribution in [1.29, 1.82) is 0 Å². The predicted molar refractivity (Wildman–Crippen MR) is 86.2 cm³/mol. The second-order valence-electron chi connectivity index (χ2n) is 6.51. The number of benzene rings is 2. The highest BCUT2D eigenvalue weighted by atomic mass is 14.2. The average molecular weight is 254 g/mol. The molecule has 0 nitrogen and oxygen atoms in total. The summed E-state index contributed by atoms with van der Waals surface area (Å²) < 4.78 is 0. The van der Waals surface area contributed by atoms with E-state index in [1.807, 2.05) is 0 Å². The van der Waals surface area contributed by atoms with Crippen LogP contribution in [0.1, 0.15) is 76.0 Å². The molecule has 0 radical (unpaired) electrons. The third-order valence-electron chi connectivity index (χ3n) is 3.98. The number of rotatable bonds is 3. The quantitative estimate of drug-likeness (QED) is 0.611. The van der Waals surface area contributed by atoms with Crippen LogP contribution in [0.3, 0.4) is 0 Å². The van der Waals surface area contributed by atoms with Gasteiger partial charge in [0.05, 0.1) is 0 Å². The Balaban J connectivity index is 2.78. The maximum Gasteiger partial charge on any atom is -0.0146 e. The first-order chi connectivity index (χ1) is 8.91. The van der Waals surface area contributed by atoms with E-state index >= 15 is 0 Å². The first-order valence-electron chi connectivity index (χ1n) is 7.48.